The van der Waals surface area contributed by atoms with E-state index in [0.29, 0.717) is 0 Å². The molecule has 2 N–H and O–H groups in total. The Hall–Kier alpha value is -2.29. The van der Waals surface area contributed by atoms with Crippen molar-refractivity contribution in [3.8, 4) is 0 Å². The summed E-state index contributed by atoms with van der Waals surface area (Å²) < 4.78 is 47.4. The maximum absolute atomic E-state index is 12.6. The van der Waals surface area contributed by atoms with Crippen LogP contribution in [-0.2, 0) is 20.4 Å². The number of methoxy groups -OCH3 is 1. The van der Waals surface area contributed by atoms with Crippen LogP contribution in [0.2, 0.25) is 0 Å². The minimum atomic E-state index is -4.53. The van der Waals surface area contributed by atoms with Crippen LogP contribution in [-0.4, -0.2) is 36.0 Å². The van der Waals surface area contributed by atoms with Crippen molar-refractivity contribution in [2.24, 2.45) is 0 Å². The van der Waals surface area contributed by atoms with Crippen molar-refractivity contribution in [3.63, 3.8) is 0 Å². The van der Waals surface area contributed by atoms with E-state index >= 15 is 0 Å². The lowest BCUT2D eigenvalue weighted by atomic mass is 10.00. The molecule has 0 aromatic heterocycles. The largest absolute Gasteiger partial charge is 0.467 e. The van der Waals surface area contributed by atoms with Gasteiger partial charge in [0.15, 0.2) is 6.10 Å². The minimum Gasteiger partial charge on any atom is -0.467 e. The monoisotopic (exact) mass is 363 g/mol. The van der Waals surface area contributed by atoms with Crippen LogP contribution in [0.3, 0.4) is 0 Å². The molecule has 0 aliphatic carbocycles. The Balaban J connectivity index is 3.10. The summed E-state index contributed by atoms with van der Waals surface area (Å²) in [5, 5.41) is 12.3. The fourth-order valence-corrected chi connectivity index (χ4v) is 1.92. The van der Waals surface area contributed by atoms with Gasteiger partial charge in [-0.25, -0.2) is 9.59 Å². The van der Waals surface area contributed by atoms with E-state index in [1.54, 1.807) is 20.8 Å². The van der Waals surface area contributed by atoms with E-state index in [0.717, 1.165) is 31.4 Å². The summed E-state index contributed by atoms with van der Waals surface area (Å²) in [5.41, 5.74) is -1.66. The summed E-state index contributed by atoms with van der Waals surface area (Å²) in [6.07, 6.45) is -7.30. The molecule has 0 bridgehead atoms. The second-order valence-corrected chi connectivity index (χ2v) is 6.21. The summed E-state index contributed by atoms with van der Waals surface area (Å²) in [6.45, 7) is 4.82. The zero-order valence-electron chi connectivity index (χ0n) is 14.2. The number of hydrogen-bond donors (Lipinski definition) is 2. The number of alkyl halides is 3. The van der Waals surface area contributed by atoms with Crippen LogP contribution in [0.4, 0.5) is 18.0 Å². The van der Waals surface area contributed by atoms with E-state index in [9.17, 15) is 27.9 Å². The molecular weight excluding hydrogens is 343 g/mol. The van der Waals surface area contributed by atoms with Crippen molar-refractivity contribution >= 4 is 12.1 Å². The Morgan fingerprint density at radius 3 is 2.04 bits per heavy atom. The molecule has 0 radical (unpaired) electrons. The zero-order chi connectivity index (χ0) is 19.4. The molecule has 0 fully saturated rings. The van der Waals surface area contributed by atoms with Crippen molar-refractivity contribution in [2.75, 3.05) is 7.11 Å². The highest BCUT2D eigenvalue weighted by Gasteiger charge is 2.33. The van der Waals surface area contributed by atoms with Crippen LogP contribution in [0.5, 0.6) is 0 Å². The van der Waals surface area contributed by atoms with Crippen LogP contribution in [0.15, 0.2) is 24.3 Å². The van der Waals surface area contributed by atoms with Crippen LogP contribution in [0, 0.1) is 0 Å². The fraction of sp³-hybridized carbons (Fsp3) is 0.500. The molecule has 9 heteroatoms. The van der Waals surface area contributed by atoms with E-state index in [1.165, 1.54) is 0 Å². The number of aliphatic hydroxyl groups excluding tert-OH is 1. The number of hydrogen-bond acceptors (Lipinski definition) is 5. The number of aliphatic hydroxyl groups is 1. The number of alkyl carbamates (subject to hydrolysis) is 1. The molecule has 0 aliphatic rings. The van der Waals surface area contributed by atoms with E-state index in [4.69, 9.17) is 4.74 Å². The van der Waals surface area contributed by atoms with Crippen molar-refractivity contribution in [3.05, 3.63) is 35.4 Å². The molecule has 0 unspecified atom stereocenters. The van der Waals surface area contributed by atoms with Gasteiger partial charge in [0, 0.05) is 0 Å². The first-order valence-electron chi connectivity index (χ1n) is 7.27. The maximum Gasteiger partial charge on any atom is 0.416 e. The van der Waals surface area contributed by atoms with Gasteiger partial charge in [-0.15, -0.1) is 0 Å². The molecule has 25 heavy (non-hydrogen) atoms. The Labute approximate surface area is 142 Å². The summed E-state index contributed by atoms with van der Waals surface area (Å²) in [6, 6.07) is 2.32. The predicted octanol–water partition coefficient (Wildman–Crippen LogP) is 2.81. The Kier molecular flexibility index (Phi) is 6.42. The quantitative estimate of drug-likeness (QED) is 0.804. The van der Waals surface area contributed by atoms with Gasteiger partial charge in [-0.2, -0.15) is 13.2 Å². The van der Waals surface area contributed by atoms with E-state index in [-0.39, 0.29) is 5.56 Å². The Morgan fingerprint density at radius 2 is 1.64 bits per heavy atom. The van der Waals surface area contributed by atoms with Gasteiger partial charge in [-0.1, -0.05) is 12.1 Å². The van der Waals surface area contributed by atoms with Gasteiger partial charge in [0.25, 0.3) is 0 Å². The van der Waals surface area contributed by atoms with Crippen LogP contribution in [0.1, 0.15) is 37.9 Å². The summed E-state index contributed by atoms with van der Waals surface area (Å²) in [4.78, 5) is 23.5. The van der Waals surface area contributed by atoms with Crippen LogP contribution >= 0.6 is 0 Å². The third kappa shape index (κ3) is 6.26. The maximum atomic E-state index is 12.6. The number of amides is 1. The number of nitrogens with one attached hydrogen (secondary N) is 1. The van der Waals surface area contributed by atoms with Crippen molar-refractivity contribution in [1.29, 1.82) is 0 Å². The topological polar surface area (TPSA) is 84.9 Å². The third-order valence-corrected chi connectivity index (χ3v) is 3.03. The van der Waals surface area contributed by atoms with Gasteiger partial charge in [0.1, 0.15) is 5.60 Å². The lowest BCUT2D eigenvalue weighted by Crippen LogP contribution is -2.43. The van der Waals surface area contributed by atoms with Crippen LogP contribution < -0.4 is 5.32 Å². The highest BCUT2D eigenvalue weighted by atomic mass is 19.4. The average molecular weight is 363 g/mol. The van der Waals surface area contributed by atoms with Gasteiger partial charge < -0.3 is 19.9 Å². The first-order chi connectivity index (χ1) is 11.3. The summed E-state index contributed by atoms with van der Waals surface area (Å²) >= 11 is 0. The predicted molar refractivity (Wildman–Crippen MR) is 81.6 cm³/mol. The molecule has 140 valence electrons. The smallest absolute Gasteiger partial charge is 0.416 e. The highest BCUT2D eigenvalue weighted by molar-refractivity contribution is 5.77. The second-order valence-electron chi connectivity index (χ2n) is 6.21. The van der Waals surface area contributed by atoms with Crippen molar-refractivity contribution in [2.45, 2.75) is 44.7 Å². The number of rotatable bonds is 4. The number of ether oxygens (including phenoxy) is 2. The van der Waals surface area contributed by atoms with Gasteiger partial charge in [-0.3, -0.25) is 0 Å². The number of esters is 1. The molecule has 1 aromatic rings. The van der Waals surface area contributed by atoms with E-state index in [1.807, 2.05) is 0 Å². The number of halogens is 3. The molecule has 1 rings (SSSR count). The SMILES string of the molecule is COC(=O)[C@H](O)[C@@H](NC(=O)OC(C)(C)C)c1ccc(C(F)(F)F)cc1. The normalized spacial score (nSPS) is 14.4. The lowest BCUT2D eigenvalue weighted by Gasteiger charge is -2.26. The number of carbonyl (C=O) groups is 2. The minimum absolute atomic E-state index is 0.0803. The molecule has 6 nitrogen and oxygen atoms in total. The van der Waals surface area contributed by atoms with Gasteiger partial charge >= 0.3 is 18.2 Å². The van der Waals surface area contributed by atoms with E-state index < -0.39 is 41.5 Å². The molecule has 0 aliphatic heterocycles. The fourth-order valence-electron chi connectivity index (χ4n) is 1.92. The Morgan fingerprint density at radius 1 is 1.12 bits per heavy atom. The van der Waals surface area contributed by atoms with Gasteiger partial charge in [-0.05, 0) is 38.5 Å². The molecule has 1 aromatic carbocycles. The van der Waals surface area contributed by atoms with E-state index in [2.05, 4.69) is 10.1 Å². The Bertz CT molecular complexity index is 608. The molecule has 2 atom stereocenters. The standard InChI is InChI=1S/C16H20F3NO5/c1-15(2,3)25-14(23)20-11(12(21)13(22)24-4)9-5-7-10(8-6-9)16(17,18)19/h5-8,11-12,21H,1-4H3,(H,20,23)/t11-,12+/m0/s1. The summed E-state index contributed by atoms with van der Waals surface area (Å²) in [5.74, 6) is -1.05. The first-order valence-corrected chi connectivity index (χ1v) is 7.27. The molecule has 0 heterocycles. The van der Waals surface area contributed by atoms with Crippen molar-refractivity contribution < 1.29 is 37.3 Å². The molecule has 1 amide bonds. The lowest BCUT2D eigenvalue weighted by molar-refractivity contribution is -0.152. The van der Waals surface area contributed by atoms with Crippen LogP contribution in [0.25, 0.3) is 0 Å². The molecule has 0 spiro atoms. The zero-order valence-corrected chi connectivity index (χ0v) is 14.2. The third-order valence-electron chi connectivity index (χ3n) is 3.03. The van der Waals surface area contributed by atoms with Gasteiger partial charge in [0.2, 0.25) is 0 Å². The summed E-state index contributed by atoms with van der Waals surface area (Å²) in [7, 11) is 1.03. The number of carbonyl (C=O) groups excluding carboxylic acids is 2. The molecule has 0 saturated carbocycles. The first kappa shape index (κ1) is 20.8. The molecular formula is C16H20F3NO5. The highest BCUT2D eigenvalue weighted by Crippen LogP contribution is 2.30. The van der Waals surface area contributed by atoms with Gasteiger partial charge in [0.05, 0.1) is 18.7 Å². The number of benzene rings is 1. The second kappa shape index (κ2) is 7.73. The average Bonchev–Trinajstić information content (AvgIpc) is 2.48. The molecule has 0 saturated heterocycles. The van der Waals surface area contributed by atoms with Crippen molar-refractivity contribution in [1.82, 2.24) is 5.32 Å².